The van der Waals surface area contributed by atoms with Crippen molar-refractivity contribution in [3.8, 4) is 50.2 Å². The zero-order chi connectivity index (χ0) is 39.8. The predicted molar refractivity (Wildman–Crippen MR) is 255 cm³/mol. The molecule has 1 aromatic heterocycles. The fourth-order valence-electron chi connectivity index (χ4n) is 9.07. The maximum atomic E-state index is 2.46. The first-order valence-corrected chi connectivity index (χ1v) is 20.6. The van der Waals surface area contributed by atoms with E-state index in [1.54, 1.807) is 0 Å². The highest BCUT2D eigenvalue weighted by molar-refractivity contribution is 6.12. The maximum Gasteiger partial charge on any atom is 0.0541 e. The minimum atomic E-state index is 1.08. The van der Waals surface area contributed by atoms with Crippen LogP contribution in [0.15, 0.2) is 243 Å². The number of hydrogen-bond acceptors (Lipinski definition) is 1. The fourth-order valence-corrected chi connectivity index (χ4v) is 9.07. The van der Waals surface area contributed by atoms with Gasteiger partial charge in [-0.25, -0.2) is 0 Å². The maximum absolute atomic E-state index is 2.46. The van der Waals surface area contributed by atoms with E-state index in [2.05, 4.69) is 252 Å². The third-order valence-corrected chi connectivity index (χ3v) is 11.8. The second kappa shape index (κ2) is 15.1. The largest absolute Gasteiger partial charge is 0.309 e. The summed E-state index contributed by atoms with van der Waals surface area (Å²) in [4.78, 5) is 2.46. The summed E-state index contributed by atoms with van der Waals surface area (Å²) in [6.45, 7) is 0. The zero-order valence-corrected chi connectivity index (χ0v) is 33.0. The molecule has 0 fully saturated rings. The molecule has 0 aliphatic rings. The van der Waals surface area contributed by atoms with Crippen LogP contribution in [0.4, 0.5) is 17.1 Å². The SMILES string of the molecule is c1ccc(-c2ccc(N(c3ccccc3-c3ccc4c(c3)c3ccccc3n4-c3ccccc3)c3ccccc3-c3cccc4cccc(-c5ccccc5)c34)cc2)cc1. The predicted octanol–water partition coefficient (Wildman–Crippen LogP) is 16.1. The van der Waals surface area contributed by atoms with Crippen molar-refractivity contribution in [2.24, 2.45) is 0 Å². The molecular weight excluding hydrogens is 725 g/mol. The van der Waals surface area contributed by atoms with Gasteiger partial charge in [0.05, 0.1) is 22.4 Å². The molecule has 0 aliphatic carbocycles. The number of rotatable bonds is 8. The molecular formula is C58H40N2. The molecule has 0 N–H and O–H groups in total. The minimum absolute atomic E-state index is 1.08. The number of nitrogens with zero attached hydrogens (tertiary/aromatic N) is 2. The van der Waals surface area contributed by atoms with Gasteiger partial charge >= 0.3 is 0 Å². The van der Waals surface area contributed by atoms with Gasteiger partial charge in [-0.05, 0) is 98.8 Å². The summed E-state index contributed by atoms with van der Waals surface area (Å²) in [5.74, 6) is 0. The van der Waals surface area contributed by atoms with Crippen LogP contribution in [-0.4, -0.2) is 4.57 Å². The van der Waals surface area contributed by atoms with E-state index in [4.69, 9.17) is 0 Å². The highest BCUT2D eigenvalue weighted by Gasteiger charge is 2.23. The minimum Gasteiger partial charge on any atom is -0.309 e. The Labute approximate surface area is 350 Å². The Morgan fingerprint density at radius 1 is 0.300 bits per heavy atom. The number of aromatic nitrogens is 1. The molecule has 2 heteroatoms. The molecule has 0 saturated carbocycles. The van der Waals surface area contributed by atoms with E-state index in [-0.39, 0.29) is 0 Å². The van der Waals surface area contributed by atoms with Crippen LogP contribution >= 0.6 is 0 Å². The molecule has 1 heterocycles. The van der Waals surface area contributed by atoms with E-state index in [0.717, 1.165) is 39.4 Å². The lowest BCUT2D eigenvalue weighted by molar-refractivity contribution is 1.18. The van der Waals surface area contributed by atoms with Crippen molar-refractivity contribution in [3.05, 3.63) is 243 Å². The second-order valence-electron chi connectivity index (χ2n) is 15.3. The summed E-state index contributed by atoms with van der Waals surface area (Å²) in [5, 5.41) is 4.92. The van der Waals surface area contributed by atoms with Gasteiger partial charge in [-0.1, -0.05) is 188 Å². The third kappa shape index (κ3) is 6.14. The highest BCUT2D eigenvalue weighted by atomic mass is 15.1. The number of anilines is 3. The molecule has 0 unspecified atom stereocenters. The summed E-state index contributed by atoms with van der Waals surface area (Å²) < 4.78 is 2.38. The summed E-state index contributed by atoms with van der Waals surface area (Å²) in [6.07, 6.45) is 0. The summed E-state index contributed by atoms with van der Waals surface area (Å²) >= 11 is 0. The lowest BCUT2D eigenvalue weighted by Crippen LogP contribution is -2.12. The molecule has 0 saturated heterocycles. The van der Waals surface area contributed by atoms with Crippen LogP contribution in [0.25, 0.3) is 82.8 Å². The molecule has 2 nitrogen and oxygen atoms in total. The molecule has 0 radical (unpaired) electrons. The van der Waals surface area contributed by atoms with Crippen molar-refractivity contribution in [3.63, 3.8) is 0 Å². The van der Waals surface area contributed by atoms with Gasteiger partial charge < -0.3 is 9.47 Å². The van der Waals surface area contributed by atoms with Gasteiger partial charge in [-0.2, -0.15) is 0 Å². The molecule has 10 aromatic carbocycles. The Bertz CT molecular complexity index is 3290. The first kappa shape index (κ1) is 35.2. The van der Waals surface area contributed by atoms with E-state index in [9.17, 15) is 0 Å². The Morgan fingerprint density at radius 3 is 1.55 bits per heavy atom. The van der Waals surface area contributed by atoms with Gasteiger partial charge in [0.15, 0.2) is 0 Å². The average Bonchev–Trinajstić information content (AvgIpc) is 3.66. The zero-order valence-electron chi connectivity index (χ0n) is 33.0. The second-order valence-corrected chi connectivity index (χ2v) is 15.3. The topological polar surface area (TPSA) is 8.17 Å². The van der Waals surface area contributed by atoms with Gasteiger partial charge in [-0.15, -0.1) is 0 Å². The molecule has 0 spiro atoms. The molecule has 0 aliphatic heterocycles. The molecule has 0 atom stereocenters. The van der Waals surface area contributed by atoms with Crippen molar-refractivity contribution >= 4 is 49.6 Å². The van der Waals surface area contributed by atoms with E-state index >= 15 is 0 Å². The van der Waals surface area contributed by atoms with Gasteiger partial charge in [0.25, 0.3) is 0 Å². The van der Waals surface area contributed by atoms with Crippen LogP contribution in [0.5, 0.6) is 0 Å². The van der Waals surface area contributed by atoms with Crippen LogP contribution in [0, 0.1) is 0 Å². The number of benzene rings is 10. The van der Waals surface area contributed by atoms with Crippen molar-refractivity contribution in [2.75, 3.05) is 4.90 Å². The normalized spacial score (nSPS) is 11.3. The molecule has 11 aromatic rings. The summed E-state index contributed by atoms with van der Waals surface area (Å²) in [6, 6.07) is 87.9. The molecule has 0 bridgehead atoms. The Kier molecular flexibility index (Phi) is 8.87. The van der Waals surface area contributed by atoms with Gasteiger partial charge in [-0.3, -0.25) is 0 Å². The molecule has 60 heavy (non-hydrogen) atoms. The summed E-state index contributed by atoms with van der Waals surface area (Å²) in [5.41, 5.74) is 16.3. The first-order valence-electron chi connectivity index (χ1n) is 20.6. The van der Waals surface area contributed by atoms with Crippen LogP contribution in [0.2, 0.25) is 0 Å². The number of para-hydroxylation sites is 4. The smallest absolute Gasteiger partial charge is 0.0541 e. The summed E-state index contributed by atoms with van der Waals surface area (Å²) in [7, 11) is 0. The van der Waals surface area contributed by atoms with E-state index in [1.807, 2.05) is 0 Å². The fraction of sp³-hybridized carbons (Fsp3) is 0. The molecule has 0 amide bonds. The van der Waals surface area contributed by atoms with Crippen LogP contribution < -0.4 is 4.90 Å². The van der Waals surface area contributed by atoms with Gasteiger partial charge in [0.2, 0.25) is 0 Å². The van der Waals surface area contributed by atoms with Crippen LogP contribution in [-0.2, 0) is 0 Å². The Hall–Kier alpha value is -7.94. The van der Waals surface area contributed by atoms with Crippen molar-refractivity contribution in [1.29, 1.82) is 0 Å². The molecule has 282 valence electrons. The van der Waals surface area contributed by atoms with Crippen molar-refractivity contribution in [2.45, 2.75) is 0 Å². The van der Waals surface area contributed by atoms with E-state index in [1.165, 1.54) is 60.4 Å². The number of hydrogen-bond donors (Lipinski definition) is 0. The third-order valence-electron chi connectivity index (χ3n) is 11.8. The van der Waals surface area contributed by atoms with Crippen LogP contribution in [0.3, 0.4) is 0 Å². The highest BCUT2D eigenvalue weighted by Crippen LogP contribution is 2.48. The van der Waals surface area contributed by atoms with Crippen LogP contribution in [0.1, 0.15) is 0 Å². The quantitative estimate of drug-likeness (QED) is 0.150. The van der Waals surface area contributed by atoms with Gasteiger partial charge in [0.1, 0.15) is 0 Å². The Balaban J connectivity index is 1.14. The van der Waals surface area contributed by atoms with E-state index < -0.39 is 0 Å². The lowest BCUT2D eigenvalue weighted by Gasteiger charge is -2.30. The Morgan fingerprint density at radius 2 is 0.817 bits per heavy atom. The number of fused-ring (bicyclic) bond motifs is 4. The monoisotopic (exact) mass is 764 g/mol. The lowest BCUT2D eigenvalue weighted by atomic mass is 9.90. The van der Waals surface area contributed by atoms with Crippen molar-refractivity contribution < 1.29 is 0 Å². The molecule has 11 rings (SSSR count). The first-order chi connectivity index (χ1) is 29.8. The van der Waals surface area contributed by atoms with E-state index in [0.29, 0.717) is 0 Å². The van der Waals surface area contributed by atoms with Gasteiger partial charge in [0, 0.05) is 33.3 Å². The average molecular weight is 765 g/mol. The standard InChI is InChI=1S/C58H40N2/c1-4-18-41(19-5-1)42-34-37-47(38-35-42)60(55-32-14-11-27-50(55)52-30-17-23-44-22-16-29-49(58(44)52)43-20-6-2-7-21-43)54-31-13-10-26-48(54)45-36-39-57-53(40-45)51-28-12-15-33-56(51)59(57)46-24-8-3-9-25-46/h1-40H. The van der Waals surface area contributed by atoms with Crippen molar-refractivity contribution in [1.82, 2.24) is 4.57 Å².